The van der Waals surface area contributed by atoms with Crippen LogP contribution < -0.4 is 10.1 Å². The van der Waals surface area contributed by atoms with Crippen LogP contribution in [0.5, 0.6) is 5.75 Å². The lowest BCUT2D eigenvalue weighted by atomic mass is 9.97. The van der Waals surface area contributed by atoms with Crippen molar-refractivity contribution in [2.24, 2.45) is 5.92 Å². The molecular formula is C15H22N2O2. The zero-order valence-electron chi connectivity index (χ0n) is 11.5. The molecule has 1 aliphatic rings. The summed E-state index contributed by atoms with van der Waals surface area (Å²) in [6, 6.07) is 9.70. The van der Waals surface area contributed by atoms with E-state index in [0.717, 1.165) is 31.7 Å². The highest BCUT2D eigenvalue weighted by molar-refractivity contribution is 5.78. The van der Waals surface area contributed by atoms with Gasteiger partial charge < -0.3 is 15.0 Å². The molecule has 2 rings (SSSR count). The smallest absolute Gasteiger partial charge is 0.225 e. The number of amides is 1. The van der Waals surface area contributed by atoms with Gasteiger partial charge in [-0.1, -0.05) is 18.2 Å². The van der Waals surface area contributed by atoms with E-state index in [-0.39, 0.29) is 11.8 Å². The van der Waals surface area contributed by atoms with E-state index in [4.69, 9.17) is 4.74 Å². The molecule has 4 nitrogen and oxygen atoms in total. The zero-order chi connectivity index (χ0) is 13.5. The second-order valence-corrected chi connectivity index (χ2v) is 4.95. The number of carbonyl (C=O) groups is 1. The van der Waals surface area contributed by atoms with Crippen LogP contribution in [0.1, 0.15) is 12.8 Å². The first-order chi connectivity index (χ1) is 9.27. The van der Waals surface area contributed by atoms with E-state index in [2.05, 4.69) is 5.32 Å². The van der Waals surface area contributed by atoms with Crippen molar-refractivity contribution in [3.8, 4) is 5.75 Å². The van der Waals surface area contributed by atoms with Gasteiger partial charge in [-0.15, -0.1) is 0 Å². The quantitative estimate of drug-likeness (QED) is 0.875. The average Bonchev–Trinajstić information content (AvgIpc) is 2.48. The third-order valence-corrected chi connectivity index (χ3v) is 3.50. The molecule has 1 amide bonds. The van der Waals surface area contributed by atoms with E-state index in [1.165, 1.54) is 0 Å². The maximum Gasteiger partial charge on any atom is 0.225 e. The van der Waals surface area contributed by atoms with Crippen molar-refractivity contribution in [2.45, 2.75) is 12.8 Å². The lowest BCUT2D eigenvalue weighted by Gasteiger charge is -2.26. The van der Waals surface area contributed by atoms with Crippen LogP contribution in [0.2, 0.25) is 0 Å². The average molecular weight is 262 g/mol. The Morgan fingerprint density at radius 2 is 2.00 bits per heavy atom. The van der Waals surface area contributed by atoms with Gasteiger partial charge in [-0.25, -0.2) is 0 Å². The van der Waals surface area contributed by atoms with Crippen LogP contribution >= 0.6 is 0 Å². The van der Waals surface area contributed by atoms with Crippen LogP contribution in [0.25, 0.3) is 0 Å². The predicted molar refractivity (Wildman–Crippen MR) is 75.2 cm³/mol. The lowest BCUT2D eigenvalue weighted by Crippen LogP contribution is -2.40. The summed E-state index contributed by atoms with van der Waals surface area (Å²) in [5, 5.41) is 3.28. The fourth-order valence-corrected chi connectivity index (χ4v) is 2.31. The molecule has 1 fully saturated rings. The second-order valence-electron chi connectivity index (χ2n) is 4.95. The van der Waals surface area contributed by atoms with Crippen molar-refractivity contribution in [1.29, 1.82) is 0 Å². The Balaban J connectivity index is 1.71. The lowest BCUT2D eigenvalue weighted by molar-refractivity contribution is -0.135. The molecule has 104 valence electrons. The number of rotatable bonds is 5. The van der Waals surface area contributed by atoms with Crippen LogP contribution in [-0.2, 0) is 4.79 Å². The minimum absolute atomic E-state index is 0.183. The second kappa shape index (κ2) is 7.14. The minimum Gasteiger partial charge on any atom is -0.492 e. The Morgan fingerprint density at radius 1 is 1.32 bits per heavy atom. The molecule has 1 saturated heterocycles. The fourth-order valence-electron chi connectivity index (χ4n) is 2.31. The van der Waals surface area contributed by atoms with Crippen LogP contribution in [0, 0.1) is 5.92 Å². The van der Waals surface area contributed by atoms with E-state index < -0.39 is 0 Å². The number of para-hydroxylation sites is 1. The summed E-state index contributed by atoms with van der Waals surface area (Å²) in [7, 11) is 1.86. The van der Waals surface area contributed by atoms with Gasteiger partial charge >= 0.3 is 0 Å². The molecule has 0 radical (unpaired) electrons. The molecule has 0 bridgehead atoms. The number of nitrogens with one attached hydrogen (secondary N) is 1. The van der Waals surface area contributed by atoms with Crippen molar-refractivity contribution in [3.63, 3.8) is 0 Å². The third-order valence-electron chi connectivity index (χ3n) is 3.50. The predicted octanol–water partition coefficient (Wildman–Crippen LogP) is 1.52. The SMILES string of the molecule is CN(CCOc1ccccc1)C(=O)C1CCNCC1. The largest absolute Gasteiger partial charge is 0.492 e. The van der Waals surface area contributed by atoms with E-state index in [1.807, 2.05) is 37.4 Å². The van der Waals surface area contributed by atoms with Gasteiger partial charge in [0, 0.05) is 13.0 Å². The number of piperidine rings is 1. The molecule has 1 aliphatic heterocycles. The number of likely N-dealkylation sites (N-methyl/N-ethyl adjacent to an activating group) is 1. The highest BCUT2D eigenvalue weighted by Gasteiger charge is 2.23. The van der Waals surface area contributed by atoms with Crippen molar-refractivity contribution in [2.75, 3.05) is 33.3 Å². The van der Waals surface area contributed by atoms with Crippen molar-refractivity contribution >= 4 is 5.91 Å². The summed E-state index contributed by atoms with van der Waals surface area (Å²) in [5.74, 6) is 1.28. The summed E-state index contributed by atoms with van der Waals surface area (Å²) < 4.78 is 5.61. The number of nitrogens with zero attached hydrogens (tertiary/aromatic N) is 1. The molecule has 0 unspecified atom stereocenters. The molecule has 0 saturated carbocycles. The van der Waals surface area contributed by atoms with Gasteiger partial charge in [0.1, 0.15) is 12.4 Å². The summed E-state index contributed by atoms with van der Waals surface area (Å²) in [5.41, 5.74) is 0. The molecule has 0 spiro atoms. The van der Waals surface area contributed by atoms with Gasteiger partial charge in [-0.05, 0) is 38.1 Å². The Labute approximate surface area is 114 Å². The van der Waals surface area contributed by atoms with E-state index in [9.17, 15) is 4.79 Å². The number of benzene rings is 1. The van der Waals surface area contributed by atoms with Crippen LogP contribution in [0.15, 0.2) is 30.3 Å². The molecule has 1 heterocycles. The molecular weight excluding hydrogens is 240 g/mol. The number of hydrogen-bond acceptors (Lipinski definition) is 3. The Bertz CT molecular complexity index is 388. The van der Waals surface area contributed by atoms with Gasteiger partial charge in [-0.2, -0.15) is 0 Å². The molecule has 0 aliphatic carbocycles. The first-order valence-corrected chi connectivity index (χ1v) is 6.91. The van der Waals surface area contributed by atoms with Crippen LogP contribution in [0.3, 0.4) is 0 Å². The zero-order valence-corrected chi connectivity index (χ0v) is 11.5. The van der Waals surface area contributed by atoms with Gasteiger partial charge in [0.15, 0.2) is 0 Å². The highest BCUT2D eigenvalue weighted by Crippen LogP contribution is 2.14. The Hall–Kier alpha value is -1.55. The van der Waals surface area contributed by atoms with E-state index in [1.54, 1.807) is 4.90 Å². The first-order valence-electron chi connectivity index (χ1n) is 6.91. The molecule has 0 aromatic heterocycles. The van der Waals surface area contributed by atoms with Crippen molar-refractivity contribution in [3.05, 3.63) is 30.3 Å². The number of hydrogen-bond donors (Lipinski definition) is 1. The van der Waals surface area contributed by atoms with Crippen LogP contribution in [-0.4, -0.2) is 44.1 Å². The molecule has 4 heteroatoms. The summed E-state index contributed by atoms with van der Waals surface area (Å²) in [6.45, 7) is 3.07. The number of carbonyl (C=O) groups excluding carboxylic acids is 1. The van der Waals surface area contributed by atoms with E-state index >= 15 is 0 Å². The van der Waals surface area contributed by atoms with Gasteiger partial charge in [0.05, 0.1) is 6.54 Å². The number of ether oxygens (including phenoxy) is 1. The maximum absolute atomic E-state index is 12.2. The van der Waals surface area contributed by atoms with E-state index in [0.29, 0.717) is 13.2 Å². The monoisotopic (exact) mass is 262 g/mol. The summed E-state index contributed by atoms with van der Waals surface area (Å²) in [4.78, 5) is 14.0. The van der Waals surface area contributed by atoms with Crippen LogP contribution in [0.4, 0.5) is 0 Å². The van der Waals surface area contributed by atoms with Crippen molar-refractivity contribution < 1.29 is 9.53 Å². The fraction of sp³-hybridized carbons (Fsp3) is 0.533. The van der Waals surface area contributed by atoms with Gasteiger partial charge in [0.25, 0.3) is 0 Å². The highest BCUT2D eigenvalue weighted by atomic mass is 16.5. The normalized spacial score (nSPS) is 16.1. The summed E-state index contributed by atoms with van der Waals surface area (Å²) >= 11 is 0. The molecule has 1 aromatic rings. The van der Waals surface area contributed by atoms with Crippen molar-refractivity contribution in [1.82, 2.24) is 10.2 Å². The Kier molecular flexibility index (Phi) is 5.21. The standard InChI is InChI=1S/C15H22N2O2/c1-17(15(18)13-7-9-16-10-8-13)11-12-19-14-5-3-2-4-6-14/h2-6,13,16H,7-12H2,1H3. The minimum atomic E-state index is 0.183. The molecule has 19 heavy (non-hydrogen) atoms. The third kappa shape index (κ3) is 4.24. The molecule has 0 atom stereocenters. The van der Waals surface area contributed by atoms with Gasteiger partial charge in [0.2, 0.25) is 5.91 Å². The summed E-state index contributed by atoms with van der Waals surface area (Å²) in [6.07, 6.45) is 1.89. The van der Waals surface area contributed by atoms with Gasteiger partial charge in [-0.3, -0.25) is 4.79 Å². The first kappa shape index (κ1) is 13.9. The Morgan fingerprint density at radius 3 is 2.68 bits per heavy atom. The molecule has 1 aromatic carbocycles. The molecule has 1 N–H and O–H groups in total. The topological polar surface area (TPSA) is 41.6 Å². The maximum atomic E-state index is 12.2.